The third kappa shape index (κ3) is 5.29. The molecule has 9 nitrogen and oxygen atoms in total. The summed E-state index contributed by atoms with van der Waals surface area (Å²) in [6.45, 7) is 10.4. The number of Topliss-reactive ketones (excluding diaryl/α,β-unsaturated/α-hetero) is 1. The molecule has 0 bridgehead atoms. The molecule has 0 heterocycles. The first kappa shape index (κ1) is 30.5. The van der Waals surface area contributed by atoms with Crippen molar-refractivity contribution in [3.8, 4) is 0 Å². The zero-order valence-corrected chi connectivity index (χ0v) is 25.0. The van der Waals surface area contributed by atoms with Crippen LogP contribution in [0.25, 0.3) is 0 Å². The Labute approximate surface area is 237 Å². The summed E-state index contributed by atoms with van der Waals surface area (Å²) < 4.78 is 22.4. The lowest BCUT2D eigenvalue weighted by Crippen LogP contribution is -2.67. The van der Waals surface area contributed by atoms with Gasteiger partial charge in [-0.15, -0.1) is 0 Å². The number of ether oxygens (including phenoxy) is 4. The second-order valence-corrected chi connectivity index (χ2v) is 13.3. The van der Waals surface area contributed by atoms with Crippen LogP contribution in [0.4, 0.5) is 0 Å². The third-order valence-electron chi connectivity index (χ3n) is 11.2. The van der Waals surface area contributed by atoms with Crippen LogP contribution >= 0.6 is 0 Å². The van der Waals surface area contributed by atoms with Gasteiger partial charge in [-0.2, -0.15) is 0 Å². The molecule has 0 amide bonds. The van der Waals surface area contributed by atoms with E-state index in [1.165, 1.54) is 27.9 Å². The molecule has 0 aromatic rings. The minimum atomic E-state index is -0.951. The number of fused-ring (bicyclic) bond motifs is 5. The van der Waals surface area contributed by atoms with Crippen molar-refractivity contribution in [2.75, 3.05) is 7.11 Å². The van der Waals surface area contributed by atoms with Crippen LogP contribution in [0.3, 0.4) is 0 Å². The van der Waals surface area contributed by atoms with Crippen molar-refractivity contribution in [2.45, 2.75) is 111 Å². The van der Waals surface area contributed by atoms with Crippen LogP contribution < -0.4 is 0 Å². The van der Waals surface area contributed by atoms with Gasteiger partial charge < -0.3 is 18.9 Å². The molecule has 224 valence electrons. The van der Waals surface area contributed by atoms with Gasteiger partial charge in [-0.05, 0) is 74.0 Å². The first-order valence-electron chi connectivity index (χ1n) is 14.9. The van der Waals surface area contributed by atoms with Gasteiger partial charge >= 0.3 is 23.9 Å². The Bertz CT molecular complexity index is 1040. The fourth-order valence-corrected chi connectivity index (χ4v) is 9.52. The summed E-state index contributed by atoms with van der Waals surface area (Å²) in [5.41, 5.74) is -1.14. The van der Waals surface area contributed by atoms with E-state index in [4.69, 9.17) is 18.9 Å². The highest BCUT2D eigenvalue weighted by atomic mass is 16.6. The number of carbonyl (C=O) groups excluding carboxylic acids is 5. The summed E-state index contributed by atoms with van der Waals surface area (Å²) in [6, 6.07) is 0. The predicted octanol–water partition coefficient (Wildman–Crippen LogP) is 4.43. The van der Waals surface area contributed by atoms with Gasteiger partial charge in [0.05, 0.1) is 7.11 Å². The maximum Gasteiger partial charge on any atom is 0.305 e. The quantitative estimate of drug-likeness (QED) is 0.328. The van der Waals surface area contributed by atoms with E-state index in [1.54, 1.807) is 0 Å². The smallest absolute Gasteiger partial charge is 0.305 e. The van der Waals surface area contributed by atoms with E-state index in [9.17, 15) is 24.0 Å². The van der Waals surface area contributed by atoms with Crippen LogP contribution in [0.2, 0.25) is 0 Å². The molecule has 0 aromatic heterocycles. The third-order valence-corrected chi connectivity index (χ3v) is 11.2. The molecular formula is C31H46O9. The topological polar surface area (TPSA) is 122 Å². The van der Waals surface area contributed by atoms with Crippen molar-refractivity contribution in [1.29, 1.82) is 0 Å². The zero-order chi connectivity index (χ0) is 29.6. The highest BCUT2D eigenvalue weighted by molar-refractivity contribution is 5.92. The Morgan fingerprint density at radius 3 is 2.17 bits per heavy atom. The molecule has 4 aliphatic rings. The molecule has 0 radical (unpaired) electrons. The van der Waals surface area contributed by atoms with Crippen molar-refractivity contribution in [3.05, 3.63) is 0 Å². The van der Waals surface area contributed by atoms with Gasteiger partial charge in [0.25, 0.3) is 0 Å². The van der Waals surface area contributed by atoms with E-state index >= 15 is 0 Å². The molecule has 4 saturated carbocycles. The predicted molar refractivity (Wildman–Crippen MR) is 143 cm³/mol. The molecule has 11 atom stereocenters. The van der Waals surface area contributed by atoms with Gasteiger partial charge in [0.1, 0.15) is 12.2 Å². The maximum atomic E-state index is 14.6. The second-order valence-electron chi connectivity index (χ2n) is 13.3. The summed E-state index contributed by atoms with van der Waals surface area (Å²) in [7, 11) is 1.38. The molecule has 4 aliphatic carbocycles. The largest absolute Gasteiger partial charge is 0.469 e. The normalized spacial score (nSPS) is 41.0. The lowest BCUT2D eigenvalue weighted by Gasteiger charge is -2.63. The Hall–Kier alpha value is -2.45. The molecule has 0 N–H and O–H groups in total. The number of hydrogen-bond donors (Lipinski definition) is 0. The number of rotatable bonds is 7. The molecule has 0 aliphatic heterocycles. The molecule has 4 rings (SSSR count). The lowest BCUT2D eigenvalue weighted by atomic mass is 9.42. The summed E-state index contributed by atoms with van der Waals surface area (Å²) in [6.07, 6.45) is 3.51. The van der Waals surface area contributed by atoms with E-state index in [1.807, 2.05) is 6.92 Å². The molecule has 40 heavy (non-hydrogen) atoms. The maximum absolute atomic E-state index is 14.6. The second kappa shape index (κ2) is 11.4. The van der Waals surface area contributed by atoms with E-state index < -0.39 is 23.6 Å². The lowest BCUT2D eigenvalue weighted by molar-refractivity contribution is -0.224. The standard InChI is InChI=1S/C31H46O9/c1-16(8-11-25(35)37-7)22-9-10-23-26-24(39-18(3)33)15-20-14-21(38-17(2)32)12-13-30(20,5)27(26)28(40-19(4)34)29(36)31(22,23)6/h16,20-24,26-28H,8-15H2,1-7H3/t16-,20?,21?,22-,23+,24?,26-,27-,28?,30+,31-/m1/s1. The molecular weight excluding hydrogens is 516 g/mol. The van der Waals surface area contributed by atoms with Crippen molar-refractivity contribution in [2.24, 2.45) is 46.3 Å². The van der Waals surface area contributed by atoms with Gasteiger partial charge in [0.2, 0.25) is 0 Å². The van der Waals surface area contributed by atoms with Gasteiger partial charge in [0, 0.05) is 44.4 Å². The highest BCUT2D eigenvalue weighted by Crippen LogP contribution is 2.68. The summed E-state index contributed by atoms with van der Waals surface area (Å²) >= 11 is 0. The summed E-state index contributed by atoms with van der Waals surface area (Å²) in [4.78, 5) is 63.1. The molecule has 0 spiro atoms. The van der Waals surface area contributed by atoms with Crippen LogP contribution in [0.1, 0.15) is 92.9 Å². The number of carbonyl (C=O) groups is 5. The molecule has 0 aromatic carbocycles. The van der Waals surface area contributed by atoms with Crippen LogP contribution in [-0.4, -0.2) is 55.1 Å². The van der Waals surface area contributed by atoms with Crippen LogP contribution in [-0.2, 0) is 42.9 Å². The van der Waals surface area contributed by atoms with E-state index in [2.05, 4.69) is 13.8 Å². The minimum absolute atomic E-state index is 0.00289. The number of methoxy groups -OCH3 is 1. The minimum Gasteiger partial charge on any atom is -0.469 e. The SMILES string of the molecule is COC(=O)CC[C@@H](C)[C@H]1CC[C@H]2[C@@H]3C(OC(C)=O)CC4CC(OC(C)=O)CC[C@]4(C)[C@H]3C(OC(C)=O)C(=O)[C@]12C. The summed E-state index contributed by atoms with van der Waals surface area (Å²) in [5, 5.41) is 0. The van der Waals surface area contributed by atoms with Crippen molar-refractivity contribution >= 4 is 29.7 Å². The Balaban J connectivity index is 1.76. The van der Waals surface area contributed by atoms with E-state index in [-0.39, 0.29) is 77.1 Å². The van der Waals surface area contributed by atoms with Gasteiger partial charge in [-0.3, -0.25) is 24.0 Å². The number of hydrogen-bond acceptors (Lipinski definition) is 9. The average Bonchev–Trinajstić information content (AvgIpc) is 3.22. The molecule has 0 saturated heterocycles. The Morgan fingerprint density at radius 1 is 0.925 bits per heavy atom. The first-order chi connectivity index (χ1) is 18.7. The number of ketones is 1. The van der Waals surface area contributed by atoms with Gasteiger partial charge in [0.15, 0.2) is 11.9 Å². The van der Waals surface area contributed by atoms with Crippen molar-refractivity contribution in [3.63, 3.8) is 0 Å². The molecule has 9 heteroatoms. The molecule has 4 fully saturated rings. The van der Waals surface area contributed by atoms with Crippen LogP contribution in [0.5, 0.6) is 0 Å². The van der Waals surface area contributed by atoms with Gasteiger partial charge in [-0.1, -0.05) is 20.8 Å². The van der Waals surface area contributed by atoms with Crippen LogP contribution in [0.15, 0.2) is 0 Å². The van der Waals surface area contributed by atoms with Gasteiger partial charge in [-0.25, -0.2) is 0 Å². The van der Waals surface area contributed by atoms with Crippen molar-refractivity contribution < 1.29 is 42.9 Å². The number of esters is 4. The Kier molecular flexibility index (Phi) is 8.72. The summed E-state index contributed by atoms with van der Waals surface area (Å²) in [5.74, 6) is -1.93. The monoisotopic (exact) mass is 562 g/mol. The fraction of sp³-hybridized carbons (Fsp3) is 0.839. The Morgan fingerprint density at radius 2 is 1.57 bits per heavy atom. The molecule has 4 unspecified atom stereocenters. The van der Waals surface area contributed by atoms with Crippen LogP contribution in [0, 0.1) is 46.3 Å². The van der Waals surface area contributed by atoms with E-state index in [0.29, 0.717) is 25.7 Å². The average molecular weight is 563 g/mol. The first-order valence-corrected chi connectivity index (χ1v) is 14.9. The van der Waals surface area contributed by atoms with E-state index in [0.717, 1.165) is 19.3 Å². The fourth-order valence-electron chi connectivity index (χ4n) is 9.52. The van der Waals surface area contributed by atoms with Crippen molar-refractivity contribution in [1.82, 2.24) is 0 Å². The zero-order valence-electron chi connectivity index (χ0n) is 25.0. The highest BCUT2D eigenvalue weighted by Gasteiger charge is 2.71.